The quantitative estimate of drug-likeness (QED) is 0.698. The van der Waals surface area contributed by atoms with Gasteiger partial charge in [-0.3, -0.25) is 4.79 Å². The minimum absolute atomic E-state index is 0.731. The minimum Gasteiger partial charge on any atom is -0.372 e. The first-order chi connectivity index (χ1) is 12.6. The van der Waals surface area contributed by atoms with E-state index in [1.54, 1.807) is 0 Å². The summed E-state index contributed by atoms with van der Waals surface area (Å²) in [6.45, 7) is 12.5. The third-order valence-corrected chi connectivity index (χ3v) is 4.58. The Morgan fingerprint density at radius 1 is 1.19 bits per heavy atom. The van der Waals surface area contributed by atoms with E-state index in [-0.39, 0.29) is 0 Å². The lowest BCUT2D eigenvalue weighted by atomic mass is 9.98. The summed E-state index contributed by atoms with van der Waals surface area (Å²) >= 11 is 0. The number of anilines is 1. The van der Waals surface area contributed by atoms with Crippen molar-refractivity contribution in [1.82, 2.24) is 4.98 Å². The monoisotopic (exact) mass is 350 g/mol. The lowest BCUT2D eigenvalue weighted by Gasteiger charge is -2.25. The van der Waals surface area contributed by atoms with Crippen molar-refractivity contribution in [2.24, 2.45) is 0 Å². The molecule has 0 fully saturated rings. The van der Waals surface area contributed by atoms with E-state index in [1.165, 1.54) is 11.3 Å². The molecule has 0 aliphatic heterocycles. The van der Waals surface area contributed by atoms with Crippen LogP contribution in [0.2, 0.25) is 0 Å². The first-order valence-electron chi connectivity index (χ1n) is 9.45. The molecular formula is C23H30N2O. The standard InChI is InChI=1S/C23H30N2O/c1-5-12-25(13-6-2)23-9-8-21(17-26)22(16-23)15-19(7-3)14-20-10-11-24-18(20)4/h7-11,14,16-17,24H,4-6,12-13,15H2,1-3H3/b19-7+,20-14-. The van der Waals surface area contributed by atoms with Crippen molar-refractivity contribution in [2.45, 2.75) is 40.0 Å². The molecule has 1 heterocycles. The maximum atomic E-state index is 11.5. The van der Waals surface area contributed by atoms with Crippen LogP contribution in [0.3, 0.4) is 0 Å². The number of hydrogen-bond donors (Lipinski definition) is 1. The average molecular weight is 351 g/mol. The number of carbonyl (C=O) groups excluding carboxylic acids is 1. The topological polar surface area (TPSA) is 36.1 Å². The van der Waals surface area contributed by atoms with Crippen molar-refractivity contribution in [3.63, 3.8) is 0 Å². The fraction of sp³-hybridized carbons (Fsp3) is 0.348. The first kappa shape index (κ1) is 19.8. The van der Waals surface area contributed by atoms with Gasteiger partial charge in [0, 0.05) is 35.9 Å². The summed E-state index contributed by atoms with van der Waals surface area (Å²) in [4.78, 5) is 17.0. The molecule has 0 aliphatic rings. The molecular weight excluding hydrogens is 320 g/mol. The highest BCUT2D eigenvalue weighted by Crippen LogP contribution is 2.22. The highest BCUT2D eigenvalue weighted by Gasteiger charge is 2.10. The number of rotatable bonds is 9. The van der Waals surface area contributed by atoms with Gasteiger partial charge in [-0.05, 0) is 72.9 Å². The Balaban J connectivity index is 2.37. The third-order valence-electron chi connectivity index (χ3n) is 4.58. The largest absolute Gasteiger partial charge is 0.372 e. The maximum Gasteiger partial charge on any atom is 0.150 e. The summed E-state index contributed by atoms with van der Waals surface area (Å²) in [5.41, 5.74) is 4.20. The molecule has 138 valence electrons. The molecule has 0 saturated carbocycles. The van der Waals surface area contributed by atoms with Crippen LogP contribution in [0.5, 0.6) is 0 Å². The van der Waals surface area contributed by atoms with Crippen LogP contribution in [0, 0.1) is 0 Å². The highest BCUT2D eigenvalue weighted by atomic mass is 16.1. The molecule has 1 N–H and O–H groups in total. The van der Waals surface area contributed by atoms with E-state index in [9.17, 15) is 4.79 Å². The van der Waals surface area contributed by atoms with Crippen LogP contribution >= 0.6 is 0 Å². The molecule has 3 heteroatoms. The summed E-state index contributed by atoms with van der Waals surface area (Å²) in [5, 5.41) is 1.99. The van der Waals surface area contributed by atoms with Crippen molar-refractivity contribution in [2.75, 3.05) is 18.0 Å². The van der Waals surface area contributed by atoms with E-state index in [0.717, 1.165) is 60.3 Å². The van der Waals surface area contributed by atoms with Gasteiger partial charge < -0.3 is 9.88 Å². The van der Waals surface area contributed by atoms with Gasteiger partial charge in [-0.15, -0.1) is 0 Å². The maximum absolute atomic E-state index is 11.5. The van der Waals surface area contributed by atoms with Crippen molar-refractivity contribution in [3.05, 3.63) is 63.8 Å². The Labute approximate surface area is 156 Å². The molecule has 3 nitrogen and oxygen atoms in total. The van der Waals surface area contributed by atoms with Gasteiger partial charge in [0.05, 0.1) is 0 Å². The molecule has 26 heavy (non-hydrogen) atoms. The van der Waals surface area contributed by atoms with E-state index in [0.29, 0.717) is 0 Å². The Morgan fingerprint density at radius 3 is 2.46 bits per heavy atom. The number of nitrogens with zero attached hydrogens (tertiary/aromatic N) is 1. The fourth-order valence-corrected chi connectivity index (χ4v) is 3.17. The van der Waals surface area contributed by atoms with Crippen molar-refractivity contribution in [3.8, 4) is 0 Å². The Bertz CT molecular complexity index is 855. The summed E-state index contributed by atoms with van der Waals surface area (Å²) in [7, 11) is 0. The van der Waals surface area contributed by atoms with Crippen LogP contribution in [-0.4, -0.2) is 24.4 Å². The number of aromatic nitrogens is 1. The predicted octanol–water partition coefficient (Wildman–Crippen LogP) is 3.83. The van der Waals surface area contributed by atoms with Crippen LogP contribution < -0.4 is 15.5 Å². The molecule has 0 radical (unpaired) electrons. The van der Waals surface area contributed by atoms with Crippen molar-refractivity contribution < 1.29 is 4.79 Å². The van der Waals surface area contributed by atoms with Gasteiger partial charge >= 0.3 is 0 Å². The van der Waals surface area contributed by atoms with Gasteiger partial charge in [0.15, 0.2) is 0 Å². The fourth-order valence-electron chi connectivity index (χ4n) is 3.17. The van der Waals surface area contributed by atoms with Gasteiger partial charge in [0.2, 0.25) is 0 Å². The Hall–Kier alpha value is -2.55. The average Bonchev–Trinajstić information content (AvgIpc) is 3.05. The molecule has 0 atom stereocenters. The van der Waals surface area contributed by atoms with Crippen LogP contribution in [-0.2, 0) is 6.42 Å². The Morgan fingerprint density at radius 2 is 1.92 bits per heavy atom. The van der Waals surface area contributed by atoms with E-state index >= 15 is 0 Å². The smallest absolute Gasteiger partial charge is 0.150 e. The molecule has 0 saturated heterocycles. The van der Waals surface area contributed by atoms with Gasteiger partial charge in [0.25, 0.3) is 0 Å². The lowest BCUT2D eigenvalue weighted by Crippen LogP contribution is -2.25. The van der Waals surface area contributed by atoms with Gasteiger partial charge in [-0.1, -0.05) is 26.5 Å². The number of benzene rings is 1. The number of allylic oxidation sites excluding steroid dienone is 2. The highest BCUT2D eigenvalue weighted by molar-refractivity contribution is 5.79. The van der Waals surface area contributed by atoms with Crippen LogP contribution in [0.25, 0.3) is 12.7 Å². The predicted molar refractivity (Wildman–Crippen MR) is 112 cm³/mol. The molecule has 2 rings (SSSR count). The van der Waals surface area contributed by atoms with E-state index < -0.39 is 0 Å². The molecule has 2 aromatic rings. The summed E-state index contributed by atoms with van der Waals surface area (Å²) in [6.07, 6.45) is 10.0. The van der Waals surface area contributed by atoms with Gasteiger partial charge in [0.1, 0.15) is 6.29 Å². The zero-order chi connectivity index (χ0) is 18.9. The minimum atomic E-state index is 0.731. The molecule has 0 aliphatic carbocycles. The van der Waals surface area contributed by atoms with Gasteiger partial charge in [-0.25, -0.2) is 0 Å². The molecule has 0 amide bonds. The zero-order valence-electron chi connectivity index (χ0n) is 16.2. The van der Waals surface area contributed by atoms with E-state index in [4.69, 9.17) is 0 Å². The molecule has 1 aromatic carbocycles. The second-order valence-corrected chi connectivity index (χ2v) is 6.58. The van der Waals surface area contributed by atoms with Gasteiger partial charge in [-0.2, -0.15) is 0 Å². The number of carbonyl (C=O) groups is 1. The number of hydrogen-bond acceptors (Lipinski definition) is 2. The number of H-pyrrole nitrogens is 1. The van der Waals surface area contributed by atoms with E-state index in [1.807, 2.05) is 25.3 Å². The normalized spacial score (nSPS) is 12.4. The molecule has 0 spiro atoms. The Kier molecular flexibility index (Phi) is 7.46. The number of aromatic amines is 1. The van der Waals surface area contributed by atoms with Crippen LogP contribution in [0.15, 0.2) is 42.1 Å². The summed E-state index contributed by atoms with van der Waals surface area (Å²) in [6, 6.07) is 8.21. The molecule has 0 unspecified atom stereocenters. The number of nitrogens with one attached hydrogen (secondary N) is 1. The zero-order valence-corrected chi connectivity index (χ0v) is 16.2. The van der Waals surface area contributed by atoms with E-state index in [2.05, 4.69) is 54.6 Å². The second kappa shape index (κ2) is 9.81. The molecule has 0 bridgehead atoms. The first-order valence-corrected chi connectivity index (χ1v) is 9.45. The van der Waals surface area contributed by atoms with Crippen molar-refractivity contribution in [1.29, 1.82) is 0 Å². The number of aldehydes is 1. The molecule has 1 aromatic heterocycles. The SMILES string of the molecule is C=c1[nH]cc/c1=C/C(=C\C)Cc1cc(N(CCC)CCC)ccc1C=O. The van der Waals surface area contributed by atoms with Crippen molar-refractivity contribution >= 4 is 24.6 Å². The summed E-state index contributed by atoms with van der Waals surface area (Å²) in [5.74, 6) is 0. The second-order valence-electron chi connectivity index (χ2n) is 6.58. The summed E-state index contributed by atoms with van der Waals surface area (Å²) < 4.78 is 0. The van der Waals surface area contributed by atoms with Crippen LogP contribution in [0.1, 0.15) is 49.5 Å². The van der Waals surface area contributed by atoms with Crippen LogP contribution in [0.4, 0.5) is 5.69 Å². The third kappa shape index (κ3) is 4.98. The lowest BCUT2D eigenvalue weighted by molar-refractivity contribution is 0.112.